The minimum absolute atomic E-state index is 0.166. The number of aliphatic carboxylic acids is 1. The van der Waals surface area contributed by atoms with Crippen LogP contribution in [0.1, 0.15) is 46.8 Å². The van der Waals surface area contributed by atoms with Gasteiger partial charge in [0.25, 0.3) is 0 Å². The first-order valence-electron chi connectivity index (χ1n) is 9.91. The zero-order valence-electron chi connectivity index (χ0n) is 16.1. The maximum Gasteiger partial charge on any atom is 0.335 e. The molecule has 0 spiro atoms. The molecule has 29 heavy (non-hydrogen) atoms. The number of aromatic nitrogens is 1. The lowest BCUT2D eigenvalue weighted by atomic mass is 10.00. The lowest BCUT2D eigenvalue weighted by molar-refractivity contribution is -0.144. The van der Waals surface area contributed by atoms with Crippen LogP contribution < -0.4 is 0 Å². The number of aromatic carboxylic acids is 1. The Bertz CT molecular complexity index is 1040. The minimum atomic E-state index is -1.02. The third kappa shape index (κ3) is 3.89. The van der Waals surface area contributed by atoms with Crippen LogP contribution in [0, 0.1) is 0 Å². The molecule has 3 aromatic rings. The number of likely N-dealkylation sites (tertiary alicyclic amines) is 1. The van der Waals surface area contributed by atoms with Gasteiger partial charge < -0.3 is 14.8 Å². The maximum absolute atomic E-state index is 12.3. The number of carboxylic acid groups (broad SMARTS) is 2. The van der Waals surface area contributed by atoms with Gasteiger partial charge in [-0.1, -0.05) is 36.8 Å². The average Bonchev–Trinajstić information content (AvgIpc) is 3.07. The Hall–Kier alpha value is -3.12. The van der Waals surface area contributed by atoms with E-state index >= 15 is 0 Å². The molecule has 6 nitrogen and oxygen atoms in total. The standard InChI is InChI=1S/C23H24N2O4/c26-22(27)17-9-10-20-18(13-17)19(15-25(20)14-16-7-3-1-4-8-16)21(23(28)29)24-11-5-2-6-12-24/h1,3-4,7-10,13,15,21H,2,5-6,11-12,14H2,(H,26,27)(H,28,29). The van der Waals surface area contributed by atoms with Gasteiger partial charge in [-0.3, -0.25) is 9.69 Å². The third-order valence-electron chi connectivity index (χ3n) is 5.64. The Labute approximate surface area is 169 Å². The summed E-state index contributed by atoms with van der Waals surface area (Å²) in [6.07, 6.45) is 4.96. The molecule has 2 heterocycles. The molecule has 2 N–H and O–H groups in total. The van der Waals surface area contributed by atoms with E-state index in [2.05, 4.69) is 0 Å². The molecule has 0 amide bonds. The molecule has 0 saturated carbocycles. The molecule has 1 aromatic heterocycles. The Morgan fingerprint density at radius 1 is 0.966 bits per heavy atom. The summed E-state index contributed by atoms with van der Waals surface area (Å²) in [5.74, 6) is -1.91. The largest absolute Gasteiger partial charge is 0.480 e. The summed E-state index contributed by atoms with van der Waals surface area (Å²) in [5, 5.41) is 20.2. The Kier molecular flexibility index (Phi) is 5.36. The number of carbonyl (C=O) groups is 2. The van der Waals surface area contributed by atoms with Crippen molar-refractivity contribution in [3.05, 3.63) is 71.4 Å². The fourth-order valence-electron chi connectivity index (χ4n) is 4.25. The molecule has 0 bridgehead atoms. The summed E-state index contributed by atoms with van der Waals surface area (Å²) < 4.78 is 2.02. The molecule has 1 atom stereocenters. The van der Waals surface area contributed by atoms with Crippen LogP contribution in [0.15, 0.2) is 54.7 Å². The van der Waals surface area contributed by atoms with Crippen molar-refractivity contribution in [3.63, 3.8) is 0 Å². The van der Waals surface area contributed by atoms with Crippen LogP contribution in [0.5, 0.6) is 0 Å². The van der Waals surface area contributed by atoms with E-state index in [9.17, 15) is 19.8 Å². The summed E-state index contributed by atoms with van der Waals surface area (Å²) in [6, 6.07) is 14.1. The van der Waals surface area contributed by atoms with E-state index in [-0.39, 0.29) is 5.56 Å². The second-order valence-electron chi connectivity index (χ2n) is 7.57. The van der Waals surface area contributed by atoms with Gasteiger partial charge in [0, 0.05) is 29.2 Å². The molecule has 1 unspecified atom stereocenters. The molecule has 1 aliphatic rings. The molecule has 2 aromatic carbocycles. The highest BCUT2D eigenvalue weighted by Gasteiger charge is 2.31. The number of benzene rings is 2. The molecular formula is C23H24N2O4. The summed E-state index contributed by atoms with van der Waals surface area (Å²) >= 11 is 0. The van der Waals surface area contributed by atoms with Gasteiger partial charge in [0.2, 0.25) is 0 Å². The van der Waals surface area contributed by atoms with Crippen molar-refractivity contribution in [2.75, 3.05) is 13.1 Å². The molecule has 1 saturated heterocycles. The lowest BCUT2D eigenvalue weighted by Gasteiger charge is -2.31. The van der Waals surface area contributed by atoms with E-state index in [1.807, 2.05) is 46.0 Å². The number of hydrogen-bond donors (Lipinski definition) is 2. The van der Waals surface area contributed by atoms with Crippen LogP contribution in [0.3, 0.4) is 0 Å². The Morgan fingerprint density at radius 3 is 2.34 bits per heavy atom. The Morgan fingerprint density at radius 2 is 1.69 bits per heavy atom. The van der Waals surface area contributed by atoms with Gasteiger partial charge in [-0.25, -0.2) is 4.79 Å². The highest BCUT2D eigenvalue weighted by atomic mass is 16.4. The first-order valence-corrected chi connectivity index (χ1v) is 9.91. The molecule has 6 heteroatoms. The number of hydrogen-bond acceptors (Lipinski definition) is 3. The average molecular weight is 392 g/mol. The SMILES string of the molecule is O=C(O)c1ccc2c(c1)c(C(C(=O)O)N1CCCCC1)cn2Cc1ccccc1. The van der Waals surface area contributed by atoms with Crippen LogP contribution in [0.2, 0.25) is 0 Å². The van der Waals surface area contributed by atoms with E-state index in [1.54, 1.807) is 18.2 Å². The Balaban J connectivity index is 1.85. The van der Waals surface area contributed by atoms with Crippen molar-refractivity contribution in [1.82, 2.24) is 9.47 Å². The second kappa shape index (κ2) is 8.09. The number of carboxylic acids is 2. The number of rotatable bonds is 6. The van der Waals surface area contributed by atoms with Crippen LogP contribution in [-0.4, -0.2) is 44.7 Å². The summed E-state index contributed by atoms with van der Waals surface area (Å²) in [7, 11) is 0. The second-order valence-corrected chi connectivity index (χ2v) is 7.57. The minimum Gasteiger partial charge on any atom is -0.480 e. The van der Waals surface area contributed by atoms with Gasteiger partial charge >= 0.3 is 11.9 Å². The van der Waals surface area contributed by atoms with Gasteiger partial charge in [-0.15, -0.1) is 0 Å². The van der Waals surface area contributed by atoms with Gasteiger partial charge in [0.05, 0.1) is 5.56 Å². The molecule has 0 aliphatic carbocycles. The van der Waals surface area contributed by atoms with Gasteiger partial charge in [0.15, 0.2) is 0 Å². The van der Waals surface area contributed by atoms with E-state index < -0.39 is 18.0 Å². The lowest BCUT2D eigenvalue weighted by Crippen LogP contribution is -2.37. The molecule has 150 valence electrons. The van der Waals surface area contributed by atoms with E-state index in [1.165, 1.54) is 0 Å². The summed E-state index contributed by atoms with van der Waals surface area (Å²) in [5.41, 5.74) is 2.77. The summed E-state index contributed by atoms with van der Waals surface area (Å²) in [6.45, 7) is 2.07. The highest BCUT2D eigenvalue weighted by molar-refractivity contribution is 5.96. The van der Waals surface area contributed by atoms with Gasteiger partial charge in [-0.2, -0.15) is 0 Å². The van der Waals surface area contributed by atoms with Crippen molar-refractivity contribution in [2.45, 2.75) is 31.8 Å². The number of piperidine rings is 1. The van der Waals surface area contributed by atoms with Crippen molar-refractivity contribution >= 4 is 22.8 Å². The van der Waals surface area contributed by atoms with Crippen LogP contribution in [-0.2, 0) is 11.3 Å². The van der Waals surface area contributed by atoms with E-state index in [0.29, 0.717) is 17.5 Å². The number of nitrogens with zero attached hydrogens (tertiary/aromatic N) is 2. The molecular weight excluding hydrogens is 368 g/mol. The smallest absolute Gasteiger partial charge is 0.335 e. The summed E-state index contributed by atoms with van der Waals surface area (Å²) in [4.78, 5) is 25.8. The fourth-order valence-corrected chi connectivity index (χ4v) is 4.25. The monoisotopic (exact) mass is 392 g/mol. The van der Waals surface area contributed by atoms with Gasteiger partial charge in [0.1, 0.15) is 6.04 Å². The predicted octanol–water partition coefficient (Wildman–Crippen LogP) is 4.00. The van der Waals surface area contributed by atoms with E-state index in [0.717, 1.165) is 43.4 Å². The zero-order chi connectivity index (χ0) is 20.4. The predicted molar refractivity (Wildman–Crippen MR) is 110 cm³/mol. The van der Waals surface area contributed by atoms with Crippen LogP contribution in [0.4, 0.5) is 0 Å². The van der Waals surface area contributed by atoms with Gasteiger partial charge in [-0.05, 0) is 49.7 Å². The molecule has 0 radical (unpaired) electrons. The molecule has 4 rings (SSSR count). The third-order valence-corrected chi connectivity index (χ3v) is 5.64. The first-order chi connectivity index (χ1) is 14.0. The highest BCUT2D eigenvalue weighted by Crippen LogP contribution is 2.33. The topological polar surface area (TPSA) is 82.8 Å². The van der Waals surface area contributed by atoms with Crippen LogP contribution >= 0.6 is 0 Å². The zero-order valence-corrected chi connectivity index (χ0v) is 16.1. The number of fused-ring (bicyclic) bond motifs is 1. The normalized spacial score (nSPS) is 16.0. The van der Waals surface area contributed by atoms with Crippen molar-refractivity contribution in [2.24, 2.45) is 0 Å². The van der Waals surface area contributed by atoms with E-state index in [4.69, 9.17) is 0 Å². The van der Waals surface area contributed by atoms with Crippen molar-refractivity contribution in [3.8, 4) is 0 Å². The first kappa shape index (κ1) is 19.2. The van der Waals surface area contributed by atoms with Crippen LogP contribution in [0.25, 0.3) is 10.9 Å². The maximum atomic E-state index is 12.3. The quantitative estimate of drug-likeness (QED) is 0.663. The van der Waals surface area contributed by atoms with Crippen molar-refractivity contribution in [1.29, 1.82) is 0 Å². The van der Waals surface area contributed by atoms with Crippen molar-refractivity contribution < 1.29 is 19.8 Å². The molecule has 1 aliphatic heterocycles. The molecule has 1 fully saturated rings. The fraction of sp³-hybridized carbons (Fsp3) is 0.304.